The van der Waals surface area contributed by atoms with Gasteiger partial charge in [-0.3, -0.25) is 14.7 Å². The minimum atomic E-state index is -0.648. The molecule has 0 radical (unpaired) electrons. The number of carbonyl (C=O) groups is 1. The number of ether oxygens (including phenoxy) is 1. The van der Waals surface area contributed by atoms with Crippen molar-refractivity contribution in [3.05, 3.63) is 95.6 Å². The molecular formula is C26H28FN3O2. The average Bonchev–Trinajstić information content (AvgIpc) is 2.84. The molecule has 2 heterocycles. The number of hydrogen-bond donors (Lipinski definition) is 1. The number of carbonyl (C=O) groups excluding carboxylic acids is 1. The number of likely N-dealkylation sites (N-methyl/N-ethyl adjacent to an activating group) is 1. The first-order valence-corrected chi connectivity index (χ1v) is 10.9. The van der Waals surface area contributed by atoms with Gasteiger partial charge in [-0.25, -0.2) is 4.39 Å². The highest BCUT2D eigenvalue weighted by molar-refractivity contribution is 5.88. The van der Waals surface area contributed by atoms with Crippen LogP contribution >= 0.6 is 0 Å². The normalized spacial score (nSPS) is 18.8. The lowest BCUT2D eigenvalue weighted by Crippen LogP contribution is -2.54. The van der Waals surface area contributed by atoms with Crippen molar-refractivity contribution >= 4 is 5.91 Å². The molecule has 6 heteroatoms. The van der Waals surface area contributed by atoms with E-state index in [4.69, 9.17) is 4.74 Å². The Morgan fingerprint density at radius 1 is 1.12 bits per heavy atom. The minimum absolute atomic E-state index is 0.0114. The lowest BCUT2D eigenvalue weighted by molar-refractivity contribution is -0.128. The van der Waals surface area contributed by atoms with Gasteiger partial charge in [0.05, 0.1) is 5.69 Å². The number of halogens is 1. The monoisotopic (exact) mass is 433 g/mol. The molecule has 1 atom stereocenters. The van der Waals surface area contributed by atoms with Gasteiger partial charge in [0.1, 0.15) is 23.6 Å². The highest BCUT2D eigenvalue weighted by Gasteiger charge is 2.44. The van der Waals surface area contributed by atoms with Gasteiger partial charge in [-0.2, -0.15) is 0 Å². The van der Waals surface area contributed by atoms with Crippen molar-refractivity contribution in [1.29, 1.82) is 0 Å². The van der Waals surface area contributed by atoms with E-state index >= 15 is 0 Å². The summed E-state index contributed by atoms with van der Waals surface area (Å²) in [5, 5.41) is 2.85. The molecule has 166 valence electrons. The number of aromatic nitrogens is 1. The smallest absolute Gasteiger partial charge is 0.233 e. The van der Waals surface area contributed by atoms with Crippen LogP contribution in [0.3, 0.4) is 0 Å². The van der Waals surface area contributed by atoms with Gasteiger partial charge in [0, 0.05) is 26.3 Å². The van der Waals surface area contributed by atoms with Crippen LogP contribution in [0.15, 0.2) is 72.9 Å². The summed E-state index contributed by atoms with van der Waals surface area (Å²) in [7, 11) is 1.69. The molecule has 0 unspecified atom stereocenters. The Bertz CT molecular complexity index is 1040. The lowest BCUT2D eigenvalue weighted by atomic mass is 9.75. The Kier molecular flexibility index (Phi) is 6.81. The third-order valence-corrected chi connectivity index (χ3v) is 6.01. The zero-order valence-electron chi connectivity index (χ0n) is 18.3. The third-order valence-electron chi connectivity index (χ3n) is 6.01. The van der Waals surface area contributed by atoms with E-state index in [-0.39, 0.29) is 11.7 Å². The summed E-state index contributed by atoms with van der Waals surface area (Å²) in [5.74, 6) is 0.527. The molecule has 0 saturated carbocycles. The Morgan fingerprint density at radius 2 is 1.97 bits per heavy atom. The molecule has 4 rings (SSSR count). The van der Waals surface area contributed by atoms with Crippen LogP contribution in [0.1, 0.15) is 29.7 Å². The van der Waals surface area contributed by atoms with Gasteiger partial charge in [0.2, 0.25) is 5.91 Å². The highest BCUT2D eigenvalue weighted by Crippen LogP contribution is 2.34. The van der Waals surface area contributed by atoms with E-state index in [0.29, 0.717) is 13.2 Å². The van der Waals surface area contributed by atoms with Gasteiger partial charge in [0.25, 0.3) is 0 Å². The number of benzene rings is 2. The first-order chi connectivity index (χ1) is 15.6. The summed E-state index contributed by atoms with van der Waals surface area (Å²) < 4.78 is 19.0. The average molecular weight is 434 g/mol. The lowest BCUT2D eigenvalue weighted by Gasteiger charge is -2.41. The van der Waals surface area contributed by atoms with Gasteiger partial charge < -0.3 is 10.1 Å². The number of likely N-dealkylation sites (tertiary alicyclic amines) is 1. The number of nitrogens with zero attached hydrogens (tertiary/aromatic N) is 2. The van der Waals surface area contributed by atoms with E-state index < -0.39 is 5.41 Å². The molecule has 32 heavy (non-hydrogen) atoms. The zero-order valence-corrected chi connectivity index (χ0v) is 18.3. The van der Waals surface area contributed by atoms with E-state index in [9.17, 15) is 9.18 Å². The summed E-state index contributed by atoms with van der Waals surface area (Å²) in [4.78, 5) is 19.8. The van der Waals surface area contributed by atoms with Crippen molar-refractivity contribution in [2.75, 3.05) is 20.1 Å². The summed E-state index contributed by atoms with van der Waals surface area (Å²) in [6.45, 7) is 2.64. The summed E-state index contributed by atoms with van der Waals surface area (Å²) in [6, 6.07) is 20.1. The third kappa shape index (κ3) is 4.97. The molecule has 0 aliphatic carbocycles. The van der Waals surface area contributed by atoms with Gasteiger partial charge in [-0.05, 0) is 66.9 Å². The molecule has 1 aliphatic rings. The maximum Gasteiger partial charge on any atom is 0.233 e. The SMILES string of the molecule is CNC(=O)[C@@]1(c2ccccn2)CCCN(Cc2cccc(OCc3ccc(F)cc3)c2)C1. The molecule has 0 bridgehead atoms. The van der Waals surface area contributed by atoms with Crippen molar-refractivity contribution in [3.8, 4) is 5.75 Å². The Morgan fingerprint density at radius 3 is 2.72 bits per heavy atom. The van der Waals surface area contributed by atoms with Gasteiger partial charge in [0.15, 0.2) is 0 Å². The molecule has 5 nitrogen and oxygen atoms in total. The largest absolute Gasteiger partial charge is 0.489 e. The fourth-order valence-electron chi connectivity index (χ4n) is 4.41. The first-order valence-electron chi connectivity index (χ1n) is 10.9. The summed E-state index contributed by atoms with van der Waals surface area (Å²) >= 11 is 0. The second-order valence-corrected chi connectivity index (χ2v) is 8.25. The first kappa shape index (κ1) is 22.0. The van der Waals surface area contributed by atoms with Crippen LogP contribution in [0.4, 0.5) is 4.39 Å². The highest BCUT2D eigenvalue weighted by atomic mass is 19.1. The van der Waals surface area contributed by atoms with Crippen LogP contribution in [-0.4, -0.2) is 35.9 Å². The Hall–Kier alpha value is -3.25. The van der Waals surface area contributed by atoms with Crippen LogP contribution in [0.2, 0.25) is 0 Å². The minimum Gasteiger partial charge on any atom is -0.489 e. The fraction of sp³-hybridized carbons (Fsp3) is 0.308. The quantitative estimate of drug-likeness (QED) is 0.610. The number of rotatable bonds is 7. The van der Waals surface area contributed by atoms with Crippen molar-refractivity contribution in [3.63, 3.8) is 0 Å². The predicted molar refractivity (Wildman–Crippen MR) is 122 cm³/mol. The van der Waals surface area contributed by atoms with Gasteiger partial charge >= 0.3 is 0 Å². The predicted octanol–water partition coefficient (Wildman–Crippen LogP) is 4.08. The molecule has 0 spiro atoms. The maximum atomic E-state index is 13.1. The maximum absolute atomic E-state index is 13.1. The van der Waals surface area contributed by atoms with Crippen LogP contribution < -0.4 is 10.1 Å². The molecule has 3 aromatic rings. The second kappa shape index (κ2) is 9.92. The number of piperidine rings is 1. The summed E-state index contributed by atoms with van der Waals surface area (Å²) in [5.41, 5.74) is 2.21. The number of hydrogen-bond acceptors (Lipinski definition) is 4. The van der Waals surface area contributed by atoms with E-state index in [1.54, 1.807) is 25.4 Å². The Labute approximate surface area is 188 Å². The van der Waals surface area contributed by atoms with Crippen molar-refractivity contribution in [2.45, 2.75) is 31.4 Å². The fourth-order valence-corrected chi connectivity index (χ4v) is 4.41. The van der Waals surface area contributed by atoms with Crippen molar-refractivity contribution in [2.24, 2.45) is 0 Å². The molecule has 1 aliphatic heterocycles. The van der Waals surface area contributed by atoms with Crippen LogP contribution in [0.25, 0.3) is 0 Å². The molecule has 2 aromatic carbocycles. The molecule has 1 amide bonds. The van der Waals surface area contributed by atoms with Crippen LogP contribution in [0, 0.1) is 5.82 Å². The molecule has 1 fully saturated rings. The second-order valence-electron chi connectivity index (χ2n) is 8.25. The molecule has 1 aromatic heterocycles. The van der Waals surface area contributed by atoms with E-state index in [1.807, 2.05) is 36.4 Å². The van der Waals surface area contributed by atoms with Gasteiger partial charge in [-0.15, -0.1) is 0 Å². The van der Waals surface area contributed by atoms with E-state index in [1.165, 1.54) is 12.1 Å². The number of amides is 1. The van der Waals surface area contributed by atoms with E-state index in [0.717, 1.165) is 48.5 Å². The van der Waals surface area contributed by atoms with Crippen LogP contribution in [-0.2, 0) is 23.4 Å². The molecular weight excluding hydrogens is 405 g/mol. The summed E-state index contributed by atoms with van der Waals surface area (Å²) in [6.07, 6.45) is 3.45. The molecule has 1 saturated heterocycles. The standard InChI is InChI=1S/C26H28FN3O2/c1-28-25(31)26(24-8-2-3-14-29-24)13-5-15-30(19-26)17-21-6-4-7-23(16-21)32-18-20-9-11-22(27)12-10-20/h2-4,6-12,14,16H,5,13,15,17-19H2,1H3,(H,28,31)/t26-/m0/s1. The topological polar surface area (TPSA) is 54.5 Å². The van der Waals surface area contributed by atoms with Gasteiger partial charge in [-0.1, -0.05) is 30.3 Å². The Balaban J connectivity index is 1.46. The number of nitrogens with one attached hydrogen (secondary N) is 1. The zero-order chi connectivity index (χ0) is 22.4. The van der Waals surface area contributed by atoms with Crippen molar-refractivity contribution in [1.82, 2.24) is 15.2 Å². The van der Waals surface area contributed by atoms with Crippen LogP contribution in [0.5, 0.6) is 5.75 Å². The van der Waals surface area contributed by atoms with E-state index in [2.05, 4.69) is 21.3 Å². The van der Waals surface area contributed by atoms with Crippen molar-refractivity contribution < 1.29 is 13.9 Å². The molecule has 1 N–H and O–H groups in total. The number of pyridine rings is 1.